The standard InChI is InChI=1S/C16H17FN2.C4H4O4/c1-19-8-2-3-16(19)14-9-13(10-18-11-14)12-4-6-15(17)7-5-12;5-3(6)1-2-4(7)8/h4-7,9-11,16H,2-3,8H2,1H3;1-2H,(H,5,6)(H,7,8)/b;2-1+. The average Bonchev–Trinajstić information content (AvgIpc) is 3.07. The highest BCUT2D eigenvalue weighted by Gasteiger charge is 2.22. The fraction of sp³-hybridized carbons (Fsp3) is 0.250. The van der Waals surface area contributed by atoms with Crippen molar-refractivity contribution in [2.24, 2.45) is 0 Å². The lowest BCUT2D eigenvalue weighted by Crippen LogP contribution is -2.17. The molecule has 1 atom stereocenters. The van der Waals surface area contributed by atoms with Crippen molar-refractivity contribution < 1.29 is 24.2 Å². The van der Waals surface area contributed by atoms with Crippen LogP contribution in [0.15, 0.2) is 54.9 Å². The lowest BCUT2D eigenvalue weighted by atomic mass is 10.0. The fourth-order valence-corrected chi connectivity index (χ4v) is 2.91. The second-order valence-electron chi connectivity index (χ2n) is 6.16. The summed E-state index contributed by atoms with van der Waals surface area (Å²) >= 11 is 0. The molecule has 7 heteroatoms. The van der Waals surface area contributed by atoms with Crippen molar-refractivity contribution >= 4 is 11.9 Å². The second-order valence-corrected chi connectivity index (χ2v) is 6.16. The number of pyridine rings is 1. The molecule has 2 heterocycles. The summed E-state index contributed by atoms with van der Waals surface area (Å²) in [5.41, 5.74) is 3.32. The highest BCUT2D eigenvalue weighted by Crippen LogP contribution is 2.31. The minimum Gasteiger partial charge on any atom is -0.478 e. The van der Waals surface area contributed by atoms with Crippen molar-refractivity contribution in [1.29, 1.82) is 0 Å². The Bertz CT molecular complexity index is 805. The molecule has 6 nitrogen and oxygen atoms in total. The second kappa shape index (κ2) is 9.59. The van der Waals surface area contributed by atoms with Gasteiger partial charge in [0, 0.05) is 36.2 Å². The molecule has 0 spiro atoms. The van der Waals surface area contributed by atoms with E-state index in [1.165, 1.54) is 30.5 Å². The third-order valence-electron chi connectivity index (χ3n) is 4.21. The van der Waals surface area contributed by atoms with Gasteiger partial charge >= 0.3 is 11.9 Å². The van der Waals surface area contributed by atoms with Crippen LogP contribution in [-0.4, -0.2) is 45.6 Å². The maximum Gasteiger partial charge on any atom is 0.328 e. The van der Waals surface area contributed by atoms with E-state index in [4.69, 9.17) is 10.2 Å². The van der Waals surface area contributed by atoms with Crippen LogP contribution in [0.1, 0.15) is 24.4 Å². The van der Waals surface area contributed by atoms with E-state index in [1.54, 1.807) is 12.1 Å². The van der Waals surface area contributed by atoms with Crippen molar-refractivity contribution in [3.8, 4) is 11.1 Å². The normalized spacial score (nSPS) is 16.7. The predicted octanol–water partition coefficient (Wildman–Crippen LogP) is 3.37. The average molecular weight is 372 g/mol. The first-order valence-electron chi connectivity index (χ1n) is 8.42. The molecule has 2 aromatic rings. The van der Waals surface area contributed by atoms with Crippen LogP contribution in [0, 0.1) is 5.82 Å². The Hall–Kier alpha value is -3.06. The van der Waals surface area contributed by atoms with Gasteiger partial charge in [0.25, 0.3) is 0 Å². The number of carboxylic acids is 2. The van der Waals surface area contributed by atoms with E-state index >= 15 is 0 Å². The molecule has 1 aliphatic heterocycles. The summed E-state index contributed by atoms with van der Waals surface area (Å²) in [6.07, 6.45) is 7.32. The highest BCUT2D eigenvalue weighted by atomic mass is 19.1. The van der Waals surface area contributed by atoms with Gasteiger partial charge in [-0.05, 0) is 55.8 Å². The van der Waals surface area contributed by atoms with E-state index < -0.39 is 11.9 Å². The first-order valence-corrected chi connectivity index (χ1v) is 8.42. The summed E-state index contributed by atoms with van der Waals surface area (Å²) in [6.45, 7) is 1.14. The van der Waals surface area contributed by atoms with Crippen molar-refractivity contribution in [2.75, 3.05) is 13.6 Å². The van der Waals surface area contributed by atoms with Crippen molar-refractivity contribution in [3.05, 3.63) is 66.3 Å². The molecule has 0 radical (unpaired) electrons. The summed E-state index contributed by atoms with van der Waals surface area (Å²) in [5, 5.41) is 15.6. The maximum atomic E-state index is 13.0. The zero-order valence-corrected chi connectivity index (χ0v) is 14.9. The molecule has 2 N–H and O–H groups in total. The molecule has 1 aromatic carbocycles. The zero-order chi connectivity index (χ0) is 19.8. The molecular weight excluding hydrogens is 351 g/mol. The van der Waals surface area contributed by atoms with Crippen LogP contribution in [-0.2, 0) is 9.59 Å². The van der Waals surface area contributed by atoms with Gasteiger partial charge in [-0.2, -0.15) is 0 Å². The maximum absolute atomic E-state index is 13.0. The molecule has 1 unspecified atom stereocenters. The zero-order valence-electron chi connectivity index (χ0n) is 14.9. The number of benzene rings is 1. The van der Waals surface area contributed by atoms with Gasteiger partial charge in [0.2, 0.25) is 0 Å². The van der Waals surface area contributed by atoms with Gasteiger partial charge in [-0.1, -0.05) is 12.1 Å². The minimum atomic E-state index is -1.26. The number of nitrogens with zero attached hydrogens (tertiary/aromatic N) is 2. The summed E-state index contributed by atoms with van der Waals surface area (Å²) < 4.78 is 13.0. The Labute approximate surface area is 156 Å². The largest absolute Gasteiger partial charge is 0.478 e. The monoisotopic (exact) mass is 372 g/mol. The van der Waals surface area contributed by atoms with Crippen LogP contribution in [0.3, 0.4) is 0 Å². The number of aliphatic carboxylic acids is 2. The van der Waals surface area contributed by atoms with Crippen molar-refractivity contribution in [1.82, 2.24) is 9.88 Å². The SMILES string of the molecule is CN1CCCC1c1cncc(-c2ccc(F)cc2)c1.O=C(O)/C=C/C(=O)O. The Morgan fingerprint density at radius 2 is 1.74 bits per heavy atom. The third kappa shape index (κ3) is 6.31. The van der Waals surface area contributed by atoms with Gasteiger partial charge in [-0.25, -0.2) is 14.0 Å². The van der Waals surface area contributed by atoms with E-state index in [9.17, 15) is 14.0 Å². The minimum absolute atomic E-state index is 0.205. The fourth-order valence-electron chi connectivity index (χ4n) is 2.91. The highest BCUT2D eigenvalue weighted by molar-refractivity contribution is 5.89. The van der Waals surface area contributed by atoms with Gasteiger partial charge in [0.05, 0.1) is 0 Å². The van der Waals surface area contributed by atoms with Crippen molar-refractivity contribution in [2.45, 2.75) is 18.9 Å². The van der Waals surface area contributed by atoms with Gasteiger partial charge in [0.1, 0.15) is 5.82 Å². The van der Waals surface area contributed by atoms with Gasteiger partial charge in [-0.15, -0.1) is 0 Å². The molecule has 0 aliphatic carbocycles. The Balaban J connectivity index is 0.000000279. The number of halogens is 1. The number of carbonyl (C=O) groups is 2. The van der Waals surface area contributed by atoms with Crippen LogP contribution in [0.2, 0.25) is 0 Å². The van der Waals surface area contributed by atoms with E-state index in [-0.39, 0.29) is 5.82 Å². The van der Waals surface area contributed by atoms with Crippen molar-refractivity contribution in [3.63, 3.8) is 0 Å². The van der Waals surface area contributed by atoms with Crippen LogP contribution in [0.5, 0.6) is 0 Å². The molecule has 1 fully saturated rings. The van der Waals surface area contributed by atoms with Gasteiger partial charge in [0.15, 0.2) is 0 Å². The lowest BCUT2D eigenvalue weighted by molar-refractivity contribution is -0.134. The molecule has 3 rings (SSSR count). The van der Waals surface area contributed by atoms with Crippen LogP contribution in [0.25, 0.3) is 11.1 Å². The number of carboxylic acid groups (broad SMARTS) is 2. The first-order chi connectivity index (χ1) is 12.9. The molecular formula is C20H21FN2O4. The number of likely N-dealkylation sites (tertiary alicyclic amines) is 1. The number of aromatic nitrogens is 1. The summed E-state index contributed by atoms with van der Waals surface area (Å²) in [6, 6.07) is 9.22. The molecule has 0 saturated carbocycles. The third-order valence-corrected chi connectivity index (χ3v) is 4.21. The van der Waals surface area contributed by atoms with E-state index in [2.05, 4.69) is 23.0 Å². The molecule has 1 aromatic heterocycles. The molecule has 0 amide bonds. The van der Waals surface area contributed by atoms with Gasteiger partial charge < -0.3 is 10.2 Å². The van der Waals surface area contributed by atoms with Crippen LogP contribution >= 0.6 is 0 Å². The summed E-state index contributed by atoms with van der Waals surface area (Å²) in [5.74, 6) is -2.72. The molecule has 1 aliphatic rings. The molecule has 27 heavy (non-hydrogen) atoms. The molecule has 1 saturated heterocycles. The Kier molecular flexibility index (Phi) is 7.19. The Morgan fingerprint density at radius 3 is 2.26 bits per heavy atom. The Morgan fingerprint density at radius 1 is 1.11 bits per heavy atom. The summed E-state index contributed by atoms with van der Waals surface area (Å²) in [7, 11) is 2.15. The summed E-state index contributed by atoms with van der Waals surface area (Å²) in [4.78, 5) is 25.8. The number of hydrogen-bond acceptors (Lipinski definition) is 4. The quantitative estimate of drug-likeness (QED) is 0.800. The van der Waals surface area contributed by atoms with Gasteiger partial charge in [-0.3, -0.25) is 9.88 Å². The number of rotatable bonds is 4. The van der Waals surface area contributed by atoms with E-state index in [0.717, 1.165) is 17.7 Å². The lowest BCUT2D eigenvalue weighted by Gasteiger charge is -2.19. The molecule has 0 bridgehead atoms. The first kappa shape index (κ1) is 20.3. The van der Waals surface area contributed by atoms with E-state index in [0.29, 0.717) is 18.2 Å². The number of hydrogen-bond donors (Lipinski definition) is 2. The smallest absolute Gasteiger partial charge is 0.328 e. The van der Waals surface area contributed by atoms with E-state index in [1.807, 2.05) is 12.4 Å². The molecule has 142 valence electrons. The topological polar surface area (TPSA) is 90.7 Å². The van der Waals surface area contributed by atoms with Crippen LogP contribution in [0.4, 0.5) is 4.39 Å². The predicted molar refractivity (Wildman–Crippen MR) is 98.6 cm³/mol. The van der Waals surface area contributed by atoms with Crippen LogP contribution < -0.4 is 0 Å².